The lowest BCUT2D eigenvalue weighted by Gasteiger charge is -2.10. The first kappa shape index (κ1) is 18.1. The van der Waals surface area contributed by atoms with Crippen LogP contribution in [0, 0.1) is 34.5 Å². The molecule has 0 bridgehead atoms. The molecule has 0 aromatic heterocycles. The zero-order chi connectivity index (χ0) is 18.9. The first-order chi connectivity index (χ1) is 12.2. The van der Waals surface area contributed by atoms with Crippen LogP contribution in [-0.2, 0) is 0 Å². The third-order valence-electron chi connectivity index (χ3n) is 4.06. The minimum absolute atomic E-state index is 0.0626. The second-order valence-electron chi connectivity index (χ2n) is 8.84. The highest BCUT2D eigenvalue weighted by Gasteiger charge is 2.25. The summed E-state index contributed by atoms with van der Waals surface area (Å²) in [7, 11) is 0. The molecule has 2 aromatic rings. The van der Waals surface area contributed by atoms with E-state index in [1.165, 1.54) is 27.8 Å². The Kier molecular flexibility index (Phi) is 4.56. The summed E-state index contributed by atoms with van der Waals surface area (Å²) in [6.45, 7) is 12.8. The minimum Gasteiger partial charge on any atom is -0.0913 e. The van der Waals surface area contributed by atoms with E-state index in [1.807, 2.05) is 0 Å². The fraction of sp³-hybridized carbons (Fsp3) is 0.308. The summed E-state index contributed by atoms with van der Waals surface area (Å²) in [4.78, 5) is 0. The Morgan fingerprint density at radius 2 is 0.923 bits per heavy atom. The number of benzene rings is 2. The normalized spacial score (nSPS) is 12.3. The predicted octanol–water partition coefficient (Wildman–Crippen LogP) is 6.57. The zero-order valence-corrected chi connectivity index (χ0v) is 16.6. The fourth-order valence-corrected chi connectivity index (χ4v) is 2.94. The monoisotopic (exact) mass is 338 g/mol. The topological polar surface area (TPSA) is 0 Å². The van der Waals surface area contributed by atoms with Crippen LogP contribution in [0.2, 0.25) is 0 Å². The molecular weight excluding hydrogens is 312 g/mol. The molecule has 1 aliphatic rings. The van der Waals surface area contributed by atoms with Crippen LogP contribution in [0.25, 0.3) is 16.7 Å². The average Bonchev–Trinajstić information content (AvgIpc) is 2.88. The summed E-state index contributed by atoms with van der Waals surface area (Å²) in [5.41, 5.74) is 6.97. The number of allylic oxidation sites excluding steroid dienone is 1. The average molecular weight is 338 g/mol. The molecule has 0 N–H and O–H groups in total. The largest absolute Gasteiger partial charge is 0.0913 e. The first-order valence-electron chi connectivity index (χ1n) is 9.15. The Balaban J connectivity index is 2.34. The number of hydrogen-bond acceptors (Lipinski definition) is 0. The predicted molar refractivity (Wildman–Crippen MR) is 112 cm³/mol. The summed E-state index contributed by atoms with van der Waals surface area (Å²) in [5.74, 6) is 13.6. The SMILES string of the molecule is CC(C)(C)C#CC(C#CC(C)(C)C)=C1c2ccccc2-c2ccccc21. The first-order valence-corrected chi connectivity index (χ1v) is 9.15. The molecule has 0 amide bonds. The van der Waals surface area contributed by atoms with Gasteiger partial charge in [0.2, 0.25) is 0 Å². The second kappa shape index (κ2) is 6.55. The molecule has 0 nitrogen and oxygen atoms in total. The molecule has 0 radical (unpaired) electrons. The van der Waals surface area contributed by atoms with Crippen molar-refractivity contribution in [1.29, 1.82) is 0 Å². The van der Waals surface area contributed by atoms with Gasteiger partial charge in [0.15, 0.2) is 0 Å². The Hall–Kier alpha value is -2.70. The van der Waals surface area contributed by atoms with Gasteiger partial charge in [-0.3, -0.25) is 0 Å². The Labute approximate surface area is 158 Å². The van der Waals surface area contributed by atoms with Crippen LogP contribution in [0.15, 0.2) is 54.1 Å². The van der Waals surface area contributed by atoms with Gasteiger partial charge in [-0.15, -0.1) is 0 Å². The van der Waals surface area contributed by atoms with Gasteiger partial charge in [0.1, 0.15) is 0 Å². The van der Waals surface area contributed by atoms with Crippen LogP contribution in [0.1, 0.15) is 52.7 Å². The van der Waals surface area contributed by atoms with Crippen molar-refractivity contribution in [2.75, 3.05) is 0 Å². The Morgan fingerprint density at radius 3 is 1.27 bits per heavy atom. The quantitative estimate of drug-likeness (QED) is 0.407. The van der Waals surface area contributed by atoms with E-state index in [1.54, 1.807) is 0 Å². The summed E-state index contributed by atoms with van der Waals surface area (Å²) < 4.78 is 0. The van der Waals surface area contributed by atoms with E-state index in [9.17, 15) is 0 Å². The van der Waals surface area contributed by atoms with Crippen molar-refractivity contribution in [3.8, 4) is 34.8 Å². The van der Waals surface area contributed by atoms with Gasteiger partial charge in [0.05, 0.1) is 5.57 Å². The van der Waals surface area contributed by atoms with E-state index >= 15 is 0 Å². The van der Waals surface area contributed by atoms with Crippen LogP contribution >= 0.6 is 0 Å². The van der Waals surface area contributed by atoms with E-state index < -0.39 is 0 Å². The standard InChI is InChI=1S/C26H26/c1-25(2,3)17-15-19(16-18-26(4,5)6)24-22-13-9-7-11-20(22)21-12-8-10-14-23(21)24/h7-14H,1-6H3. The maximum Gasteiger partial charge on any atom is 0.0829 e. The van der Waals surface area contributed by atoms with E-state index in [4.69, 9.17) is 0 Å². The second-order valence-corrected chi connectivity index (χ2v) is 8.84. The fourth-order valence-electron chi connectivity index (χ4n) is 2.94. The van der Waals surface area contributed by atoms with Crippen LogP contribution in [0.5, 0.6) is 0 Å². The van der Waals surface area contributed by atoms with E-state index in [0.717, 1.165) is 5.57 Å². The van der Waals surface area contributed by atoms with Gasteiger partial charge >= 0.3 is 0 Å². The summed E-state index contributed by atoms with van der Waals surface area (Å²) >= 11 is 0. The molecule has 0 atom stereocenters. The summed E-state index contributed by atoms with van der Waals surface area (Å²) in [6.07, 6.45) is 0. The van der Waals surface area contributed by atoms with Crippen molar-refractivity contribution in [1.82, 2.24) is 0 Å². The molecule has 0 heteroatoms. The molecule has 0 aliphatic heterocycles. The Bertz CT molecular complexity index is 912. The third-order valence-corrected chi connectivity index (χ3v) is 4.06. The van der Waals surface area contributed by atoms with Gasteiger partial charge in [-0.1, -0.05) is 72.2 Å². The molecule has 0 saturated carbocycles. The van der Waals surface area contributed by atoms with Crippen molar-refractivity contribution in [3.63, 3.8) is 0 Å². The highest BCUT2D eigenvalue weighted by Crippen LogP contribution is 2.45. The maximum atomic E-state index is 3.41. The van der Waals surface area contributed by atoms with Crippen LogP contribution in [-0.4, -0.2) is 0 Å². The van der Waals surface area contributed by atoms with Crippen LogP contribution in [0.4, 0.5) is 0 Å². The lowest BCUT2D eigenvalue weighted by Crippen LogP contribution is -2.01. The molecule has 0 unspecified atom stereocenters. The lowest BCUT2D eigenvalue weighted by atomic mass is 9.93. The van der Waals surface area contributed by atoms with Crippen molar-refractivity contribution in [2.24, 2.45) is 10.8 Å². The van der Waals surface area contributed by atoms with Crippen molar-refractivity contribution >= 4 is 5.57 Å². The summed E-state index contributed by atoms with van der Waals surface area (Å²) in [6, 6.07) is 17.1. The van der Waals surface area contributed by atoms with E-state index in [-0.39, 0.29) is 10.8 Å². The number of rotatable bonds is 0. The Morgan fingerprint density at radius 1 is 0.577 bits per heavy atom. The highest BCUT2D eigenvalue weighted by molar-refractivity contribution is 6.04. The molecule has 3 rings (SSSR count). The highest BCUT2D eigenvalue weighted by atomic mass is 14.3. The molecule has 0 spiro atoms. The van der Waals surface area contributed by atoms with Crippen molar-refractivity contribution in [2.45, 2.75) is 41.5 Å². The van der Waals surface area contributed by atoms with Gasteiger partial charge in [-0.2, -0.15) is 0 Å². The van der Waals surface area contributed by atoms with Crippen LogP contribution < -0.4 is 0 Å². The van der Waals surface area contributed by atoms with Gasteiger partial charge < -0.3 is 0 Å². The smallest absolute Gasteiger partial charge is 0.0829 e. The molecular formula is C26H26. The van der Waals surface area contributed by atoms with Gasteiger partial charge in [0, 0.05) is 16.4 Å². The van der Waals surface area contributed by atoms with E-state index in [2.05, 4.69) is 114 Å². The van der Waals surface area contributed by atoms with Crippen molar-refractivity contribution < 1.29 is 0 Å². The van der Waals surface area contributed by atoms with E-state index in [0.29, 0.717) is 0 Å². The van der Waals surface area contributed by atoms with Gasteiger partial charge in [0.25, 0.3) is 0 Å². The third kappa shape index (κ3) is 3.92. The van der Waals surface area contributed by atoms with Gasteiger partial charge in [-0.05, 0) is 63.8 Å². The zero-order valence-electron chi connectivity index (χ0n) is 16.6. The lowest BCUT2D eigenvalue weighted by molar-refractivity contribution is 0.570. The molecule has 1 aliphatic carbocycles. The maximum absolute atomic E-state index is 3.41. The number of fused-ring (bicyclic) bond motifs is 3. The molecule has 0 fully saturated rings. The van der Waals surface area contributed by atoms with Crippen LogP contribution in [0.3, 0.4) is 0 Å². The van der Waals surface area contributed by atoms with Crippen molar-refractivity contribution in [3.05, 3.63) is 65.2 Å². The molecule has 0 heterocycles. The molecule has 130 valence electrons. The summed E-state index contributed by atoms with van der Waals surface area (Å²) in [5, 5.41) is 0. The molecule has 2 aromatic carbocycles. The van der Waals surface area contributed by atoms with Gasteiger partial charge in [-0.25, -0.2) is 0 Å². The minimum atomic E-state index is -0.0626. The number of hydrogen-bond donors (Lipinski definition) is 0. The molecule has 0 saturated heterocycles. The molecule has 26 heavy (non-hydrogen) atoms.